The zero-order chi connectivity index (χ0) is 18.2. The van der Waals surface area contributed by atoms with Crippen LogP contribution in [0.1, 0.15) is 34.5 Å². The lowest BCUT2D eigenvalue weighted by Crippen LogP contribution is -2.28. The van der Waals surface area contributed by atoms with E-state index in [1.807, 2.05) is 25.2 Å². The predicted molar refractivity (Wildman–Crippen MR) is 93.0 cm³/mol. The number of hydrogen-bond donors (Lipinski definition) is 2. The molecule has 0 aliphatic carbocycles. The maximum atomic E-state index is 12.6. The van der Waals surface area contributed by atoms with Gasteiger partial charge in [0.2, 0.25) is 0 Å². The summed E-state index contributed by atoms with van der Waals surface area (Å²) >= 11 is 0. The molecule has 0 heterocycles. The maximum absolute atomic E-state index is 12.6. The Morgan fingerprint density at radius 1 is 1.16 bits per heavy atom. The van der Waals surface area contributed by atoms with Gasteiger partial charge < -0.3 is 15.4 Å². The molecule has 1 amide bonds. The first-order valence-electron chi connectivity index (χ1n) is 8.09. The van der Waals surface area contributed by atoms with Gasteiger partial charge in [-0.15, -0.1) is 0 Å². The molecule has 25 heavy (non-hydrogen) atoms. The summed E-state index contributed by atoms with van der Waals surface area (Å²) in [6, 6.07) is 13.4. The van der Waals surface area contributed by atoms with Crippen LogP contribution in [0.4, 0.5) is 8.78 Å². The third-order valence-corrected chi connectivity index (χ3v) is 3.84. The van der Waals surface area contributed by atoms with Gasteiger partial charge in [-0.25, -0.2) is 0 Å². The summed E-state index contributed by atoms with van der Waals surface area (Å²) in [5.41, 5.74) is 2.26. The Labute approximate surface area is 146 Å². The Bertz CT molecular complexity index is 707. The van der Waals surface area contributed by atoms with E-state index >= 15 is 0 Å². The topological polar surface area (TPSA) is 50.4 Å². The fourth-order valence-corrected chi connectivity index (χ4v) is 2.54. The van der Waals surface area contributed by atoms with Crippen LogP contribution in [0, 0.1) is 0 Å². The van der Waals surface area contributed by atoms with Crippen molar-refractivity contribution >= 4 is 5.91 Å². The zero-order valence-electron chi connectivity index (χ0n) is 14.3. The zero-order valence-corrected chi connectivity index (χ0v) is 14.3. The molecule has 0 aromatic heterocycles. The van der Waals surface area contributed by atoms with Crippen LogP contribution < -0.4 is 15.4 Å². The van der Waals surface area contributed by atoms with E-state index in [1.54, 1.807) is 25.1 Å². The van der Waals surface area contributed by atoms with Crippen molar-refractivity contribution in [1.82, 2.24) is 10.6 Å². The maximum Gasteiger partial charge on any atom is 0.387 e. The third-order valence-electron chi connectivity index (χ3n) is 3.84. The van der Waals surface area contributed by atoms with Gasteiger partial charge in [0.1, 0.15) is 5.75 Å². The number of amides is 1. The first-order chi connectivity index (χ1) is 12.0. The van der Waals surface area contributed by atoms with Crippen LogP contribution in [-0.2, 0) is 6.42 Å². The molecule has 0 bridgehead atoms. The number of rotatable bonds is 8. The van der Waals surface area contributed by atoms with Crippen LogP contribution in [-0.4, -0.2) is 26.1 Å². The number of ether oxygens (including phenoxy) is 1. The van der Waals surface area contributed by atoms with Crippen LogP contribution >= 0.6 is 0 Å². The van der Waals surface area contributed by atoms with Gasteiger partial charge in [-0.2, -0.15) is 8.78 Å². The average Bonchev–Trinajstić information content (AvgIpc) is 2.59. The average molecular weight is 348 g/mol. The summed E-state index contributed by atoms with van der Waals surface area (Å²) in [5.74, 6) is -0.123. The minimum atomic E-state index is -2.88. The Morgan fingerprint density at radius 3 is 2.64 bits per heavy atom. The molecule has 2 N–H and O–H groups in total. The van der Waals surface area contributed by atoms with Gasteiger partial charge in [0.15, 0.2) is 0 Å². The summed E-state index contributed by atoms with van der Waals surface area (Å²) in [4.78, 5) is 12.6. The highest BCUT2D eigenvalue weighted by atomic mass is 19.3. The van der Waals surface area contributed by atoms with E-state index in [4.69, 9.17) is 0 Å². The van der Waals surface area contributed by atoms with Crippen molar-refractivity contribution in [2.24, 2.45) is 0 Å². The van der Waals surface area contributed by atoms with Crippen LogP contribution in [0.15, 0.2) is 48.5 Å². The van der Waals surface area contributed by atoms with E-state index in [0.717, 1.165) is 18.5 Å². The van der Waals surface area contributed by atoms with Crippen LogP contribution in [0.2, 0.25) is 0 Å². The lowest BCUT2D eigenvalue weighted by Gasteiger charge is -2.17. The molecule has 2 aromatic rings. The predicted octanol–water partition coefficient (Wildman–Crippen LogP) is 3.54. The van der Waals surface area contributed by atoms with E-state index in [0.29, 0.717) is 11.1 Å². The molecule has 0 aliphatic rings. The van der Waals surface area contributed by atoms with Crippen molar-refractivity contribution in [2.75, 3.05) is 13.6 Å². The van der Waals surface area contributed by atoms with Gasteiger partial charge in [-0.3, -0.25) is 4.79 Å². The molecule has 0 saturated carbocycles. The lowest BCUT2D eigenvalue weighted by molar-refractivity contribution is -0.0499. The monoisotopic (exact) mass is 348 g/mol. The second kappa shape index (κ2) is 9.13. The second-order valence-electron chi connectivity index (χ2n) is 5.66. The molecule has 4 nitrogen and oxygen atoms in total. The molecule has 6 heteroatoms. The SMILES string of the molecule is CNCCc1ccccc1C(=O)NC(C)c1cccc(OC(F)F)c1. The summed E-state index contributed by atoms with van der Waals surface area (Å²) < 4.78 is 29.1. The number of hydrogen-bond acceptors (Lipinski definition) is 3. The molecule has 134 valence electrons. The molecule has 1 atom stereocenters. The number of alkyl halides is 2. The van der Waals surface area contributed by atoms with Crippen molar-refractivity contribution in [1.29, 1.82) is 0 Å². The lowest BCUT2D eigenvalue weighted by atomic mass is 10.0. The molecule has 2 rings (SSSR count). The van der Waals surface area contributed by atoms with Crippen molar-refractivity contribution in [3.8, 4) is 5.75 Å². The minimum absolute atomic E-state index is 0.0722. The van der Waals surface area contributed by atoms with Crippen molar-refractivity contribution in [3.63, 3.8) is 0 Å². The standard InChI is InChI=1S/C19H22F2N2O2/c1-13(15-7-5-8-16(12-15)25-19(20)21)23-18(24)17-9-4-3-6-14(17)10-11-22-2/h3-9,12-13,19,22H,10-11H2,1-2H3,(H,23,24). The number of nitrogens with one attached hydrogen (secondary N) is 2. The summed E-state index contributed by atoms with van der Waals surface area (Å²) in [6.45, 7) is -0.304. The van der Waals surface area contributed by atoms with Crippen LogP contribution in [0.25, 0.3) is 0 Å². The first-order valence-corrected chi connectivity index (χ1v) is 8.09. The molecule has 2 aromatic carbocycles. The Hall–Kier alpha value is -2.47. The Kier molecular flexibility index (Phi) is 6.89. The Balaban J connectivity index is 2.10. The molecule has 0 fully saturated rings. The Morgan fingerprint density at radius 2 is 1.92 bits per heavy atom. The number of halogens is 2. The second-order valence-corrected chi connectivity index (χ2v) is 5.66. The highest BCUT2D eigenvalue weighted by molar-refractivity contribution is 5.95. The summed E-state index contributed by atoms with van der Waals surface area (Å²) in [5, 5.41) is 5.97. The molecule has 0 spiro atoms. The molecule has 1 unspecified atom stereocenters. The molecular weight excluding hydrogens is 326 g/mol. The van der Waals surface area contributed by atoms with Gasteiger partial charge in [-0.05, 0) is 56.3 Å². The molecule has 0 radical (unpaired) electrons. The van der Waals surface area contributed by atoms with E-state index in [9.17, 15) is 13.6 Å². The van der Waals surface area contributed by atoms with Gasteiger partial charge in [0, 0.05) is 5.56 Å². The largest absolute Gasteiger partial charge is 0.435 e. The van der Waals surface area contributed by atoms with Gasteiger partial charge >= 0.3 is 6.61 Å². The number of carbonyl (C=O) groups is 1. The fourth-order valence-electron chi connectivity index (χ4n) is 2.54. The first kappa shape index (κ1) is 18.9. The van der Waals surface area contributed by atoms with Crippen LogP contribution in [0.3, 0.4) is 0 Å². The molecular formula is C19H22F2N2O2. The van der Waals surface area contributed by atoms with Crippen molar-refractivity contribution in [3.05, 3.63) is 65.2 Å². The van der Waals surface area contributed by atoms with E-state index < -0.39 is 6.61 Å². The summed E-state index contributed by atoms with van der Waals surface area (Å²) in [6.07, 6.45) is 0.742. The van der Waals surface area contributed by atoms with Crippen molar-refractivity contribution < 1.29 is 18.3 Å². The molecule has 0 aliphatic heterocycles. The third kappa shape index (κ3) is 5.53. The quantitative estimate of drug-likeness (QED) is 0.767. The smallest absolute Gasteiger partial charge is 0.387 e. The van der Waals surface area contributed by atoms with Crippen LogP contribution in [0.5, 0.6) is 5.75 Å². The minimum Gasteiger partial charge on any atom is -0.435 e. The molecule has 0 saturated heterocycles. The van der Waals surface area contributed by atoms with Crippen molar-refractivity contribution in [2.45, 2.75) is 26.0 Å². The van der Waals surface area contributed by atoms with Gasteiger partial charge in [0.25, 0.3) is 5.91 Å². The highest BCUT2D eigenvalue weighted by Crippen LogP contribution is 2.21. The van der Waals surface area contributed by atoms with E-state index in [-0.39, 0.29) is 17.7 Å². The van der Waals surface area contributed by atoms with Gasteiger partial charge in [0.05, 0.1) is 6.04 Å². The van der Waals surface area contributed by atoms with E-state index in [2.05, 4.69) is 15.4 Å². The van der Waals surface area contributed by atoms with E-state index in [1.165, 1.54) is 12.1 Å². The normalized spacial score (nSPS) is 12.0. The fraction of sp³-hybridized carbons (Fsp3) is 0.316. The summed E-state index contributed by atoms with van der Waals surface area (Å²) in [7, 11) is 1.86. The number of benzene rings is 2. The number of carbonyl (C=O) groups excluding carboxylic acids is 1. The number of likely N-dealkylation sites (N-methyl/N-ethyl adjacent to an activating group) is 1. The highest BCUT2D eigenvalue weighted by Gasteiger charge is 2.15. The van der Waals surface area contributed by atoms with Gasteiger partial charge in [-0.1, -0.05) is 30.3 Å².